The van der Waals surface area contributed by atoms with Crippen LogP contribution in [0.15, 0.2) is 51.3 Å². The van der Waals surface area contributed by atoms with E-state index in [2.05, 4.69) is 26.2 Å². The minimum absolute atomic E-state index is 0.0187. The molecule has 3 rings (SSSR count). The Balaban J connectivity index is 1.73. The van der Waals surface area contributed by atoms with Crippen LogP contribution in [0.25, 0.3) is 10.2 Å². The normalized spacial score (nSPS) is 10.8. The molecule has 0 spiro atoms. The third-order valence-electron chi connectivity index (χ3n) is 2.99. The maximum Gasteiger partial charge on any atom is 0.262 e. The lowest BCUT2D eigenvalue weighted by molar-refractivity contribution is 0.690. The van der Waals surface area contributed by atoms with Crippen molar-refractivity contribution in [1.82, 2.24) is 9.55 Å². The first kappa shape index (κ1) is 13.3. The topological polar surface area (TPSA) is 46.9 Å². The van der Waals surface area contributed by atoms with Crippen LogP contribution in [-0.4, -0.2) is 16.1 Å². The first-order valence-corrected chi connectivity index (χ1v) is 7.84. The van der Waals surface area contributed by atoms with Gasteiger partial charge in [0, 0.05) is 23.2 Å². The second-order valence-corrected chi connectivity index (χ2v) is 6.04. The van der Waals surface area contributed by atoms with Crippen molar-refractivity contribution >= 4 is 43.2 Å². The van der Waals surface area contributed by atoms with Gasteiger partial charge in [-0.2, -0.15) is 0 Å². The molecule has 102 valence electrons. The molecular weight excluding hydrogens is 338 g/mol. The van der Waals surface area contributed by atoms with Gasteiger partial charge in [-0.15, -0.1) is 11.3 Å². The lowest BCUT2D eigenvalue weighted by atomic mass is 10.3. The zero-order chi connectivity index (χ0) is 13.9. The van der Waals surface area contributed by atoms with Crippen LogP contribution in [0.3, 0.4) is 0 Å². The number of aromatic nitrogens is 2. The third kappa shape index (κ3) is 2.62. The highest BCUT2D eigenvalue weighted by Gasteiger charge is 2.04. The van der Waals surface area contributed by atoms with E-state index in [9.17, 15) is 4.79 Å². The number of para-hydroxylation sites is 1. The van der Waals surface area contributed by atoms with Crippen molar-refractivity contribution < 1.29 is 0 Å². The predicted molar refractivity (Wildman–Crippen MR) is 86.5 cm³/mol. The summed E-state index contributed by atoms with van der Waals surface area (Å²) in [5.41, 5.74) is 1.04. The molecule has 0 atom stereocenters. The Morgan fingerprint density at radius 2 is 2.15 bits per heavy atom. The molecule has 20 heavy (non-hydrogen) atoms. The van der Waals surface area contributed by atoms with Gasteiger partial charge in [0.25, 0.3) is 5.56 Å². The maximum atomic E-state index is 12.2. The standard InChI is InChI=1S/C14H12BrN3OS/c15-11-3-1-2-4-12(11)16-6-7-18-9-17-13-10(14(18)19)5-8-20-13/h1-5,8-9,16H,6-7H2. The zero-order valence-corrected chi connectivity index (χ0v) is 12.9. The number of thiophene rings is 1. The number of benzene rings is 1. The Hall–Kier alpha value is -1.66. The van der Waals surface area contributed by atoms with Crippen molar-refractivity contribution in [2.24, 2.45) is 0 Å². The molecule has 2 aromatic heterocycles. The van der Waals surface area contributed by atoms with Crippen LogP contribution >= 0.6 is 27.3 Å². The summed E-state index contributed by atoms with van der Waals surface area (Å²) in [6, 6.07) is 9.74. The van der Waals surface area contributed by atoms with Crippen LogP contribution < -0.4 is 10.9 Å². The van der Waals surface area contributed by atoms with Crippen LogP contribution in [-0.2, 0) is 6.54 Å². The number of anilines is 1. The molecular formula is C14H12BrN3OS. The van der Waals surface area contributed by atoms with E-state index in [-0.39, 0.29) is 5.56 Å². The Kier molecular flexibility index (Phi) is 3.84. The highest BCUT2D eigenvalue weighted by Crippen LogP contribution is 2.20. The number of hydrogen-bond acceptors (Lipinski definition) is 4. The molecule has 0 aliphatic heterocycles. The minimum Gasteiger partial charge on any atom is -0.382 e. The fourth-order valence-electron chi connectivity index (χ4n) is 1.97. The van der Waals surface area contributed by atoms with Crippen LogP contribution in [0.4, 0.5) is 5.69 Å². The van der Waals surface area contributed by atoms with E-state index < -0.39 is 0 Å². The summed E-state index contributed by atoms with van der Waals surface area (Å²) in [4.78, 5) is 17.3. The smallest absolute Gasteiger partial charge is 0.262 e. The van der Waals surface area contributed by atoms with Crippen LogP contribution in [0, 0.1) is 0 Å². The molecule has 1 aromatic carbocycles. The summed E-state index contributed by atoms with van der Waals surface area (Å²) >= 11 is 4.97. The molecule has 2 heterocycles. The summed E-state index contributed by atoms with van der Waals surface area (Å²) in [7, 11) is 0. The molecule has 0 amide bonds. The maximum absolute atomic E-state index is 12.2. The number of nitrogens with zero attached hydrogens (tertiary/aromatic N) is 2. The van der Waals surface area contributed by atoms with E-state index in [0.29, 0.717) is 18.5 Å². The molecule has 4 nitrogen and oxygen atoms in total. The van der Waals surface area contributed by atoms with Crippen molar-refractivity contribution in [2.75, 3.05) is 11.9 Å². The van der Waals surface area contributed by atoms with Gasteiger partial charge in [0.1, 0.15) is 4.83 Å². The number of rotatable bonds is 4. The largest absolute Gasteiger partial charge is 0.382 e. The first-order valence-electron chi connectivity index (χ1n) is 6.17. The van der Waals surface area contributed by atoms with E-state index in [1.165, 1.54) is 11.3 Å². The Morgan fingerprint density at radius 3 is 3.00 bits per heavy atom. The fraction of sp³-hybridized carbons (Fsp3) is 0.143. The second-order valence-electron chi connectivity index (χ2n) is 4.29. The van der Waals surface area contributed by atoms with Gasteiger partial charge in [0.05, 0.1) is 11.7 Å². The Labute approximate surface area is 128 Å². The molecule has 0 radical (unpaired) electrons. The summed E-state index contributed by atoms with van der Waals surface area (Å²) in [5, 5.41) is 5.88. The fourth-order valence-corrected chi connectivity index (χ4v) is 3.12. The van der Waals surface area contributed by atoms with Crippen LogP contribution in [0.1, 0.15) is 0 Å². The molecule has 0 aliphatic carbocycles. The molecule has 0 unspecified atom stereocenters. The minimum atomic E-state index is 0.0187. The number of nitrogens with one attached hydrogen (secondary N) is 1. The summed E-state index contributed by atoms with van der Waals surface area (Å²) in [5.74, 6) is 0. The van der Waals surface area contributed by atoms with Gasteiger partial charge in [-0.3, -0.25) is 9.36 Å². The quantitative estimate of drug-likeness (QED) is 0.785. The van der Waals surface area contributed by atoms with Crippen molar-refractivity contribution in [3.8, 4) is 0 Å². The zero-order valence-electron chi connectivity index (χ0n) is 10.5. The molecule has 0 saturated carbocycles. The van der Waals surface area contributed by atoms with Crippen molar-refractivity contribution in [2.45, 2.75) is 6.54 Å². The van der Waals surface area contributed by atoms with E-state index in [1.54, 1.807) is 10.9 Å². The number of halogens is 1. The van der Waals surface area contributed by atoms with Crippen LogP contribution in [0.5, 0.6) is 0 Å². The molecule has 0 fully saturated rings. The van der Waals surface area contributed by atoms with E-state index >= 15 is 0 Å². The van der Waals surface area contributed by atoms with Gasteiger partial charge in [-0.05, 0) is 39.5 Å². The summed E-state index contributed by atoms with van der Waals surface area (Å²) < 4.78 is 2.65. The van der Waals surface area contributed by atoms with Crippen LogP contribution in [0.2, 0.25) is 0 Å². The third-order valence-corrected chi connectivity index (χ3v) is 4.50. The van der Waals surface area contributed by atoms with Crippen molar-refractivity contribution in [1.29, 1.82) is 0 Å². The van der Waals surface area contributed by atoms with Crippen molar-refractivity contribution in [3.05, 3.63) is 56.9 Å². The first-order chi connectivity index (χ1) is 9.75. The monoisotopic (exact) mass is 349 g/mol. The molecule has 3 aromatic rings. The lowest BCUT2D eigenvalue weighted by Gasteiger charge is -2.09. The number of hydrogen-bond donors (Lipinski definition) is 1. The van der Waals surface area contributed by atoms with Gasteiger partial charge >= 0.3 is 0 Å². The van der Waals surface area contributed by atoms with Crippen molar-refractivity contribution in [3.63, 3.8) is 0 Å². The SMILES string of the molecule is O=c1c2ccsc2ncn1CCNc1ccccc1Br. The molecule has 0 saturated heterocycles. The lowest BCUT2D eigenvalue weighted by Crippen LogP contribution is -2.23. The van der Waals surface area contributed by atoms with Gasteiger partial charge in [-0.25, -0.2) is 4.98 Å². The van der Waals surface area contributed by atoms with Gasteiger partial charge < -0.3 is 5.32 Å². The highest BCUT2D eigenvalue weighted by molar-refractivity contribution is 9.10. The number of fused-ring (bicyclic) bond motifs is 1. The predicted octanol–water partition coefficient (Wildman–Crippen LogP) is 3.33. The average Bonchev–Trinajstić information content (AvgIpc) is 2.93. The molecule has 1 N–H and O–H groups in total. The van der Waals surface area contributed by atoms with Gasteiger partial charge in [0.2, 0.25) is 0 Å². The van der Waals surface area contributed by atoms with Gasteiger partial charge in [-0.1, -0.05) is 12.1 Å². The van der Waals surface area contributed by atoms with E-state index in [1.807, 2.05) is 35.7 Å². The summed E-state index contributed by atoms with van der Waals surface area (Å²) in [6.45, 7) is 1.25. The second kappa shape index (κ2) is 5.76. The highest BCUT2D eigenvalue weighted by atomic mass is 79.9. The Bertz CT molecular complexity index is 796. The molecule has 0 aliphatic rings. The molecule has 6 heteroatoms. The summed E-state index contributed by atoms with van der Waals surface area (Å²) in [6.07, 6.45) is 1.61. The van der Waals surface area contributed by atoms with Gasteiger partial charge in [0.15, 0.2) is 0 Å². The van der Waals surface area contributed by atoms with E-state index in [4.69, 9.17) is 0 Å². The van der Waals surface area contributed by atoms with E-state index in [0.717, 1.165) is 15.0 Å². The molecule has 0 bridgehead atoms. The Morgan fingerprint density at radius 1 is 1.30 bits per heavy atom. The average molecular weight is 350 g/mol.